The fraction of sp³-hybridized carbons (Fsp3) is 0. The van der Waals surface area contributed by atoms with Crippen LogP contribution in [0.5, 0.6) is 0 Å². The number of halogens is 1. The van der Waals surface area contributed by atoms with Gasteiger partial charge in [0.2, 0.25) is 0 Å². The van der Waals surface area contributed by atoms with Crippen LogP contribution in [0, 0.1) is 0 Å². The molecule has 4 rings (SSSR count). The fourth-order valence-corrected chi connectivity index (χ4v) is 4.69. The van der Waals surface area contributed by atoms with Crippen molar-refractivity contribution in [3.05, 3.63) is 71.9 Å². The molecule has 130 valence electrons. The number of hydrogen-bond acceptors (Lipinski definition) is 5. The van der Waals surface area contributed by atoms with Crippen LogP contribution in [0.3, 0.4) is 0 Å². The molecule has 0 unspecified atom stereocenters. The van der Waals surface area contributed by atoms with Crippen LogP contribution in [0.25, 0.3) is 20.9 Å². The standard InChI is InChI=1S/C18H12ClN3O2S2/c19-13-3-1-4-15(11-13)26(23,24)22-14-8-6-12(7-9-14)17-21-16-5-2-10-20-18(16)25-17/h1-11,22H. The molecule has 0 amide bonds. The average molecular weight is 402 g/mol. The van der Waals surface area contributed by atoms with Crippen LogP contribution in [0.2, 0.25) is 5.02 Å². The zero-order chi connectivity index (χ0) is 18.1. The molecular formula is C18H12ClN3O2S2. The van der Waals surface area contributed by atoms with E-state index in [0.717, 1.165) is 20.9 Å². The molecule has 0 saturated heterocycles. The van der Waals surface area contributed by atoms with E-state index in [9.17, 15) is 8.42 Å². The Morgan fingerprint density at radius 1 is 1.00 bits per heavy atom. The topological polar surface area (TPSA) is 72.0 Å². The number of rotatable bonds is 4. The lowest BCUT2D eigenvalue weighted by Crippen LogP contribution is -2.12. The van der Waals surface area contributed by atoms with E-state index in [0.29, 0.717) is 10.7 Å². The second-order valence-electron chi connectivity index (χ2n) is 5.49. The first-order valence-electron chi connectivity index (χ1n) is 7.62. The van der Waals surface area contributed by atoms with Gasteiger partial charge >= 0.3 is 0 Å². The third kappa shape index (κ3) is 3.41. The summed E-state index contributed by atoms with van der Waals surface area (Å²) in [5, 5.41) is 1.20. The summed E-state index contributed by atoms with van der Waals surface area (Å²) in [4.78, 5) is 9.82. The van der Waals surface area contributed by atoms with Crippen molar-refractivity contribution in [3.8, 4) is 10.6 Å². The molecule has 1 N–H and O–H groups in total. The molecule has 0 bridgehead atoms. The highest BCUT2D eigenvalue weighted by Crippen LogP contribution is 2.29. The van der Waals surface area contributed by atoms with E-state index in [2.05, 4.69) is 14.7 Å². The Hall–Kier alpha value is -2.48. The van der Waals surface area contributed by atoms with E-state index in [1.54, 1.807) is 30.5 Å². The highest BCUT2D eigenvalue weighted by molar-refractivity contribution is 7.92. The van der Waals surface area contributed by atoms with Gasteiger partial charge in [-0.1, -0.05) is 29.0 Å². The lowest BCUT2D eigenvalue weighted by atomic mass is 10.2. The van der Waals surface area contributed by atoms with Gasteiger partial charge in [-0.2, -0.15) is 0 Å². The molecule has 2 aromatic heterocycles. The monoisotopic (exact) mass is 401 g/mol. The van der Waals surface area contributed by atoms with Gasteiger partial charge in [0.25, 0.3) is 10.0 Å². The van der Waals surface area contributed by atoms with Crippen molar-refractivity contribution < 1.29 is 8.42 Å². The minimum Gasteiger partial charge on any atom is -0.280 e. The summed E-state index contributed by atoms with van der Waals surface area (Å²) in [5.74, 6) is 0. The maximum Gasteiger partial charge on any atom is 0.261 e. The van der Waals surface area contributed by atoms with Gasteiger partial charge in [-0.15, -0.1) is 0 Å². The first-order chi connectivity index (χ1) is 12.5. The van der Waals surface area contributed by atoms with Crippen molar-refractivity contribution in [2.75, 3.05) is 4.72 Å². The number of nitrogens with one attached hydrogen (secondary N) is 1. The number of benzene rings is 2. The summed E-state index contributed by atoms with van der Waals surface area (Å²) in [5.41, 5.74) is 2.21. The maximum atomic E-state index is 12.4. The number of sulfonamides is 1. The summed E-state index contributed by atoms with van der Waals surface area (Å²) in [6.07, 6.45) is 1.73. The molecule has 0 spiro atoms. The largest absolute Gasteiger partial charge is 0.280 e. The second-order valence-corrected chi connectivity index (χ2v) is 8.58. The van der Waals surface area contributed by atoms with Gasteiger partial charge in [-0.3, -0.25) is 4.72 Å². The maximum absolute atomic E-state index is 12.4. The molecule has 0 aliphatic carbocycles. The SMILES string of the molecule is O=S(=O)(Nc1ccc(-c2nc3cccnc3s2)cc1)c1cccc(Cl)c1. The van der Waals surface area contributed by atoms with E-state index in [-0.39, 0.29) is 4.90 Å². The quantitative estimate of drug-likeness (QED) is 0.532. The third-order valence-electron chi connectivity index (χ3n) is 3.66. The minimum atomic E-state index is -3.69. The van der Waals surface area contributed by atoms with E-state index in [4.69, 9.17) is 11.6 Å². The van der Waals surface area contributed by atoms with Crippen molar-refractivity contribution in [2.45, 2.75) is 4.90 Å². The molecule has 0 saturated carbocycles. The van der Waals surface area contributed by atoms with Crippen molar-refractivity contribution in [1.29, 1.82) is 0 Å². The molecule has 0 fully saturated rings. The number of nitrogens with zero attached hydrogens (tertiary/aromatic N) is 2. The van der Waals surface area contributed by atoms with E-state index in [1.807, 2.05) is 24.3 Å². The van der Waals surface area contributed by atoms with Gasteiger partial charge in [0, 0.05) is 22.5 Å². The van der Waals surface area contributed by atoms with Crippen molar-refractivity contribution in [3.63, 3.8) is 0 Å². The smallest absolute Gasteiger partial charge is 0.261 e. The highest BCUT2D eigenvalue weighted by atomic mass is 35.5. The summed E-state index contributed by atoms with van der Waals surface area (Å²) >= 11 is 7.37. The molecule has 2 aromatic carbocycles. The first kappa shape index (κ1) is 17.0. The van der Waals surface area contributed by atoms with Crippen LogP contribution in [-0.2, 0) is 10.0 Å². The van der Waals surface area contributed by atoms with E-state index < -0.39 is 10.0 Å². The molecule has 5 nitrogen and oxygen atoms in total. The molecular weight excluding hydrogens is 390 g/mol. The van der Waals surface area contributed by atoms with Gasteiger partial charge in [-0.05, 0) is 54.6 Å². The number of pyridine rings is 1. The van der Waals surface area contributed by atoms with Crippen LogP contribution in [0.1, 0.15) is 0 Å². The van der Waals surface area contributed by atoms with Gasteiger partial charge in [0.05, 0.1) is 4.90 Å². The normalized spacial score (nSPS) is 11.6. The molecule has 26 heavy (non-hydrogen) atoms. The molecule has 8 heteroatoms. The van der Waals surface area contributed by atoms with Crippen LogP contribution in [0.15, 0.2) is 71.8 Å². The van der Waals surface area contributed by atoms with Gasteiger partial charge in [0.1, 0.15) is 15.4 Å². The number of aromatic nitrogens is 2. The predicted molar refractivity (Wildman–Crippen MR) is 105 cm³/mol. The Balaban J connectivity index is 1.59. The van der Waals surface area contributed by atoms with Crippen LogP contribution in [0.4, 0.5) is 5.69 Å². The van der Waals surface area contributed by atoms with Gasteiger partial charge in [0.15, 0.2) is 0 Å². The lowest BCUT2D eigenvalue weighted by Gasteiger charge is -2.08. The first-order valence-corrected chi connectivity index (χ1v) is 10.3. The second kappa shape index (κ2) is 6.68. The predicted octanol–water partition coefficient (Wildman–Crippen LogP) is 4.81. The Kier molecular flexibility index (Phi) is 4.36. The average Bonchev–Trinajstić information content (AvgIpc) is 3.06. The van der Waals surface area contributed by atoms with Crippen LogP contribution in [-0.4, -0.2) is 18.4 Å². The lowest BCUT2D eigenvalue weighted by molar-refractivity contribution is 0.601. The zero-order valence-electron chi connectivity index (χ0n) is 13.3. The molecule has 0 atom stereocenters. The molecule has 0 radical (unpaired) electrons. The minimum absolute atomic E-state index is 0.117. The number of anilines is 1. The summed E-state index contributed by atoms with van der Waals surface area (Å²) in [7, 11) is -3.69. The van der Waals surface area contributed by atoms with Crippen molar-refractivity contribution >= 4 is 49.0 Å². The third-order valence-corrected chi connectivity index (χ3v) is 6.30. The summed E-state index contributed by atoms with van der Waals surface area (Å²) < 4.78 is 27.4. The number of fused-ring (bicyclic) bond motifs is 1. The number of hydrogen-bond donors (Lipinski definition) is 1. The van der Waals surface area contributed by atoms with Crippen LogP contribution < -0.4 is 4.72 Å². The Labute approximate surface area is 159 Å². The van der Waals surface area contributed by atoms with Crippen molar-refractivity contribution in [1.82, 2.24) is 9.97 Å². The molecule has 0 aliphatic heterocycles. The summed E-state index contributed by atoms with van der Waals surface area (Å²) in [6.45, 7) is 0. The van der Waals surface area contributed by atoms with Crippen molar-refractivity contribution in [2.24, 2.45) is 0 Å². The van der Waals surface area contributed by atoms with Crippen LogP contribution >= 0.6 is 22.9 Å². The Morgan fingerprint density at radius 2 is 1.81 bits per heavy atom. The molecule has 2 heterocycles. The molecule has 0 aliphatic rings. The van der Waals surface area contributed by atoms with Gasteiger partial charge in [-0.25, -0.2) is 18.4 Å². The fourth-order valence-electron chi connectivity index (χ4n) is 2.42. The van der Waals surface area contributed by atoms with E-state index in [1.165, 1.54) is 23.5 Å². The Bertz CT molecular complexity index is 1160. The zero-order valence-corrected chi connectivity index (χ0v) is 15.6. The molecule has 4 aromatic rings. The van der Waals surface area contributed by atoms with E-state index >= 15 is 0 Å². The summed E-state index contributed by atoms with van der Waals surface area (Å²) in [6, 6.07) is 17.0. The van der Waals surface area contributed by atoms with Gasteiger partial charge < -0.3 is 0 Å². The highest BCUT2D eigenvalue weighted by Gasteiger charge is 2.15. The Morgan fingerprint density at radius 3 is 2.54 bits per heavy atom. The number of thiazole rings is 1.